The molecule has 0 bridgehead atoms. The van der Waals surface area contributed by atoms with Gasteiger partial charge in [0.2, 0.25) is 0 Å². The number of benzene rings is 1. The van der Waals surface area contributed by atoms with Crippen LogP contribution in [0.5, 0.6) is 0 Å². The maximum absolute atomic E-state index is 13.4. The number of ketones is 1. The van der Waals surface area contributed by atoms with E-state index in [2.05, 4.69) is 15.9 Å². The molecule has 0 spiro atoms. The van der Waals surface area contributed by atoms with E-state index in [0.29, 0.717) is 4.47 Å². The molecule has 78 valence electrons. The zero-order valence-corrected chi connectivity index (χ0v) is 9.71. The lowest BCUT2D eigenvalue weighted by Gasteiger charge is -2.08. The highest BCUT2D eigenvalue weighted by Gasteiger charge is 2.17. The van der Waals surface area contributed by atoms with Crippen molar-refractivity contribution in [3.8, 4) is 6.07 Å². The summed E-state index contributed by atoms with van der Waals surface area (Å²) in [6, 6.07) is 6.41. The topological polar surface area (TPSA) is 40.9 Å². The van der Waals surface area contributed by atoms with E-state index in [1.807, 2.05) is 6.07 Å². The van der Waals surface area contributed by atoms with Crippen molar-refractivity contribution in [2.24, 2.45) is 0 Å². The van der Waals surface area contributed by atoms with E-state index in [1.54, 1.807) is 6.07 Å². The van der Waals surface area contributed by atoms with E-state index >= 15 is 0 Å². The van der Waals surface area contributed by atoms with Crippen LogP contribution < -0.4 is 0 Å². The zero-order chi connectivity index (χ0) is 11.4. The fraction of sp³-hybridized carbons (Fsp3) is 0.273. The van der Waals surface area contributed by atoms with Crippen molar-refractivity contribution in [2.75, 3.05) is 0 Å². The summed E-state index contributed by atoms with van der Waals surface area (Å²) in [6.45, 7) is 1.39. The normalized spacial score (nSPS) is 11.9. The van der Waals surface area contributed by atoms with E-state index in [4.69, 9.17) is 5.26 Å². The van der Waals surface area contributed by atoms with Crippen LogP contribution in [0, 0.1) is 17.1 Å². The van der Waals surface area contributed by atoms with Gasteiger partial charge in [-0.2, -0.15) is 5.26 Å². The number of nitriles is 1. The Morgan fingerprint density at radius 2 is 2.33 bits per heavy atom. The van der Waals surface area contributed by atoms with Gasteiger partial charge in [-0.25, -0.2) is 4.39 Å². The van der Waals surface area contributed by atoms with E-state index in [9.17, 15) is 9.18 Å². The van der Waals surface area contributed by atoms with Gasteiger partial charge in [0.25, 0.3) is 0 Å². The predicted octanol–water partition coefficient (Wildman–Crippen LogP) is 3.17. The molecule has 1 aromatic carbocycles. The van der Waals surface area contributed by atoms with Crippen LogP contribution in [0.4, 0.5) is 4.39 Å². The van der Waals surface area contributed by atoms with Crippen molar-refractivity contribution in [3.63, 3.8) is 0 Å². The van der Waals surface area contributed by atoms with Crippen LogP contribution in [0.25, 0.3) is 0 Å². The van der Waals surface area contributed by atoms with Gasteiger partial charge in [0, 0.05) is 16.5 Å². The molecular formula is C11H9BrFNO. The molecule has 0 aliphatic heterocycles. The van der Waals surface area contributed by atoms with Gasteiger partial charge >= 0.3 is 0 Å². The molecule has 0 aliphatic carbocycles. The van der Waals surface area contributed by atoms with Gasteiger partial charge in [-0.1, -0.05) is 22.0 Å². The number of halogens is 2. The molecule has 0 heterocycles. The second-order valence-corrected chi connectivity index (χ2v) is 4.17. The highest BCUT2D eigenvalue weighted by molar-refractivity contribution is 9.10. The van der Waals surface area contributed by atoms with Crippen LogP contribution >= 0.6 is 15.9 Å². The average Bonchev–Trinajstić information content (AvgIpc) is 2.14. The Hall–Kier alpha value is -1.21. The summed E-state index contributed by atoms with van der Waals surface area (Å²) in [4.78, 5) is 10.9. The summed E-state index contributed by atoms with van der Waals surface area (Å²) in [5.41, 5.74) is 0.274. The Labute approximate surface area is 95.8 Å². The lowest BCUT2D eigenvalue weighted by molar-refractivity contribution is -0.117. The SMILES string of the molecule is CC(=O)CC(C#N)c1ccc(Br)cc1F. The fourth-order valence-electron chi connectivity index (χ4n) is 1.30. The van der Waals surface area contributed by atoms with Gasteiger partial charge in [-0.3, -0.25) is 4.79 Å². The Morgan fingerprint density at radius 1 is 1.67 bits per heavy atom. The second kappa shape index (κ2) is 5.04. The monoisotopic (exact) mass is 269 g/mol. The van der Waals surface area contributed by atoms with Crippen molar-refractivity contribution >= 4 is 21.7 Å². The Bertz CT molecular complexity index is 425. The molecule has 15 heavy (non-hydrogen) atoms. The van der Waals surface area contributed by atoms with E-state index < -0.39 is 11.7 Å². The highest BCUT2D eigenvalue weighted by Crippen LogP contribution is 2.24. The molecule has 0 amide bonds. The third-order valence-electron chi connectivity index (χ3n) is 1.99. The first-order valence-corrected chi connectivity index (χ1v) is 5.18. The van der Waals surface area contributed by atoms with Crippen LogP contribution in [-0.2, 0) is 4.79 Å². The maximum atomic E-state index is 13.4. The minimum absolute atomic E-state index is 0.0506. The first-order valence-electron chi connectivity index (χ1n) is 4.38. The summed E-state index contributed by atoms with van der Waals surface area (Å²) in [5, 5.41) is 8.84. The van der Waals surface area contributed by atoms with Crippen molar-refractivity contribution < 1.29 is 9.18 Å². The molecule has 1 unspecified atom stereocenters. The molecular weight excluding hydrogens is 261 g/mol. The fourth-order valence-corrected chi connectivity index (χ4v) is 1.63. The summed E-state index contributed by atoms with van der Waals surface area (Å²) < 4.78 is 14.1. The average molecular weight is 270 g/mol. The van der Waals surface area contributed by atoms with Gasteiger partial charge in [0.15, 0.2) is 0 Å². The van der Waals surface area contributed by atoms with Crippen LogP contribution in [0.15, 0.2) is 22.7 Å². The van der Waals surface area contributed by atoms with E-state index in [-0.39, 0.29) is 17.8 Å². The maximum Gasteiger partial charge on any atom is 0.131 e. The third kappa shape index (κ3) is 3.14. The summed E-state index contributed by atoms with van der Waals surface area (Å²) >= 11 is 3.13. The van der Waals surface area contributed by atoms with Crippen molar-refractivity contribution in [2.45, 2.75) is 19.3 Å². The van der Waals surface area contributed by atoms with Crippen molar-refractivity contribution in [1.82, 2.24) is 0 Å². The molecule has 1 aromatic rings. The number of carbonyl (C=O) groups excluding carboxylic acids is 1. The molecule has 0 saturated heterocycles. The number of Topliss-reactive ketones (excluding diaryl/α,β-unsaturated/α-hetero) is 1. The number of carbonyl (C=O) groups is 1. The summed E-state index contributed by atoms with van der Waals surface area (Å²) in [5.74, 6) is -1.28. The van der Waals surface area contributed by atoms with Gasteiger partial charge < -0.3 is 0 Å². The molecule has 2 nitrogen and oxygen atoms in total. The third-order valence-corrected chi connectivity index (χ3v) is 2.48. The predicted molar refractivity (Wildman–Crippen MR) is 57.8 cm³/mol. The van der Waals surface area contributed by atoms with E-state index in [0.717, 1.165) is 0 Å². The molecule has 0 N–H and O–H groups in total. The lowest BCUT2D eigenvalue weighted by Crippen LogP contribution is -2.04. The number of hydrogen-bond acceptors (Lipinski definition) is 2. The first-order chi connectivity index (χ1) is 7.04. The standard InChI is InChI=1S/C11H9BrFNO/c1-7(15)4-8(6-14)10-3-2-9(12)5-11(10)13/h2-3,5,8H,4H2,1H3. The van der Waals surface area contributed by atoms with Crippen molar-refractivity contribution in [1.29, 1.82) is 5.26 Å². The minimum Gasteiger partial charge on any atom is -0.300 e. The molecule has 0 radical (unpaired) electrons. The van der Waals surface area contributed by atoms with E-state index in [1.165, 1.54) is 19.1 Å². The molecule has 1 atom stereocenters. The van der Waals surface area contributed by atoms with Gasteiger partial charge in [0.1, 0.15) is 11.6 Å². The Balaban J connectivity index is 3.03. The number of rotatable bonds is 3. The molecule has 0 aliphatic rings. The zero-order valence-electron chi connectivity index (χ0n) is 8.13. The highest BCUT2D eigenvalue weighted by atomic mass is 79.9. The van der Waals surface area contributed by atoms with Crippen molar-refractivity contribution in [3.05, 3.63) is 34.1 Å². The largest absolute Gasteiger partial charge is 0.300 e. The summed E-state index contributed by atoms with van der Waals surface area (Å²) in [7, 11) is 0. The van der Waals surface area contributed by atoms with Crippen LogP contribution in [0.2, 0.25) is 0 Å². The van der Waals surface area contributed by atoms with Crippen LogP contribution in [0.3, 0.4) is 0 Å². The molecule has 1 rings (SSSR count). The quantitative estimate of drug-likeness (QED) is 0.846. The van der Waals surface area contributed by atoms with Crippen LogP contribution in [-0.4, -0.2) is 5.78 Å². The first kappa shape index (κ1) is 11.9. The number of nitrogens with zero attached hydrogens (tertiary/aromatic N) is 1. The Morgan fingerprint density at radius 3 is 2.80 bits per heavy atom. The second-order valence-electron chi connectivity index (χ2n) is 3.25. The van der Waals surface area contributed by atoms with Gasteiger partial charge in [-0.05, 0) is 19.1 Å². The molecule has 0 fully saturated rings. The van der Waals surface area contributed by atoms with Crippen LogP contribution in [0.1, 0.15) is 24.8 Å². The smallest absolute Gasteiger partial charge is 0.131 e. The summed E-state index contributed by atoms with van der Waals surface area (Å²) in [6.07, 6.45) is 0.0506. The molecule has 0 saturated carbocycles. The molecule has 4 heteroatoms. The molecule has 0 aromatic heterocycles. The van der Waals surface area contributed by atoms with Gasteiger partial charge in [0.05, 0.1) is 12.0 Å². The number of hydrogen-bond donors (Lipinski definition) is 0. The lowest BCUT2D eigenvalue weighted by atomic mass is 9.95. The van der Waals surface area contributed by atoms with Gasteiger partial charge in [-0.15, -0.1) is 0 Å². The minimum atomic E-state index is -0.699. The Kier molecular flexibility index (Phi) is 3.98.